The van der Waals surface area contributed by atoms with Gasteiger partial charge >= 0.3 is 5.97 Å². The number of sulfonamides is 1. The number of aliphatic imine (C=N–C) groups is 1. The number of carboxylic acids is 1. The summed E-state index contributed by atoms with van der Waals surface area (Å²) in [5, 5.41) is 12.3. The molecule has 0 fully saturated rings. The van der Waals surface area contributed by atoms with Gasteiger partial charge in [-0.2, -0.15) is 0 Å². The highest BCUT2D eigenvalue weighted by Crippen LogP contribution is 2.42. The summed E-state index contributed by atoms with van der Waals surface area (Å²) in [6.45, 7) is 13.8. The van der Waals surface area contributed by atoms with Gasteiger partial charge in [-0.15, -0.1) is 0 Å². The number of nitrogens with one attached hydrogen (secondary N) is 2. The van der Waals surface area contributed by atoms with Crippen LogP contribution in [0, 0.1) is 20.8 Å². The predicted molar refractivity (Wildman–Crippen MR) is 214 cm³/mol. The van der Waals surface area contributed by atoms with E-state index < -0.39 is 33.5 Å². The summed E-state index contributed by atoms with van der Waals surface area (Å²) in [6.07, 6.45) is 3.10. The van der Waals surface area contributed by atoms with Crippen molar-refractivity contribution in [3.8, 4) is 16.9 Å². The van der Waals surface area contributed by atoms with Crippen LogP contribution in [0.15, 0.2) is 81.5 Å². The lowest BCUT2D eigenvalue weighted by Gasteiger charge is -2.35. The Morgan fingerprint density at radius 1 is 1.00 bits per heavy atom. The Morgan fingerprint density at radius 3 is 2.36 bits per heavy atom. The molecule has 0 unspecified atom stereocenters. The fraction of sp³-hybridized carbons (Fsp3) is 0.381. The molecule has 5 rings (SSSR count). The third-order valence-electron chi connectivity index (χ3n) is 10.2. The number of nitrogens with two attached hydrogens (primary N) is 1. The maximum absolute atomic E-state index is 13.5. The van der Waals surface area contributed by atoms with Crippen LogP contribution in [0.5, 0.6) is 5.75 Å². The number of aromatic nitrogens is 1. The zero-order chi connectivity index (χ0) is 40.2. The van der Waals surface area contributed by atoms with Crippen molar-refractivity contribution in [3.63, 3.8) is 0 Å². The molecule has 55 heavy (non-hydrogen) atoms. The number of aliphatic carboxylic acids is 1. The Labute approximate surface area is 322 Å². The van der Waals surface area contributed by atoms with Crippen LogP contribution in [0.25, 0.3) is 11.1 Å². The number of nitrogens with zero attached hydrogens (tertiary/aromatic N) is 2. The van der Waals surface area contributed by atoms with Crippen LogP contribution in [-0.4, -0.2) is 54.1 Å². The molecule has 1 atom stereocenters. The molecule has 1 aliphatic heterocycles. The van der Waals surface area contributed by atoms with E-state index in [0.29, 0.717) is 23.5 Å². The fourth-order valence-electron chi connectivity index (χ4n) is 6.97. The second kappa shape index (κ2) is 16.5. The highest BCUT2D eigenvalue weighted by Gasteiger charge is 2.33. The van der Waals surface area contributed by atoms with Crippen molar-refractivity contribution in [1.82, 2.24) is 14.6 Å². The van der Waals surface area contributed by atoms with Gasteiger partial charge in [0.2, 0.25) is 5.96 Å². The fourth-order valence-corrected chi connectivity index (χ4v) is 8.49. The number of fused-ring (bicyclic) bond motifs is 1. The van der Waals surface area contributed by atoms with Crippen LogP contribution in [0.3, 0.4) is 0 Å². The number of carboxylic acid groups (broad SMARTS) is 1. The van der Waals surface area contributed by atoms with E-state index in [0.717, 1.165) is 40.0 Å². The minimum Gasteiger partial charge on any atom is -0.487 e. The van der Waals surface area contributed by atoms with E-state index in [4.69, 9.17) is 10.5 Å². The number of carbonyl (C=O) groups excluding carboxylic acids is 1. The standard InChI is InChI=1S/C42H51N5O7S/c1-25(2)29-16-18-30(19-17-29)33-13-9-8-12-31(33)24-47-23-11-14-34(39(47)49)38(48)45-35(40(50)51)15-10-22-44-41(43)46-55(52,53)37-27(4)26(3)36-32(28(37)5)20-21-42(6,7)54-36/h8-9,11-14,16-19,23,25,35H,10,15,20-22,24H2,1-7H3,(H,45,48)(H,50,51)(H3,43,44,46)/t35-/m0/s1. The molecule has 1 amide bonds. The smallest absolute Gasteiger partial charge is 0.326 e. The molecule has 13 heteroatoms. The van der Waals surface area contributed by atoms with Crippen LogP contribution >= 0.6 is 0 Å². The molecule has 4 aromatic rings. The Hall–Kier alpha value is -5.43. The van der Waals surface area contributed by atoms with Crippen LogP contribution in [0.2, 0.25) is 0 Å². The summed E-state index contributed by atoms with van der Waals surface area (Å²) in [4.78, 5) is 43.2. The number of hydrogen-bond acceptors (Lipinski definition) is 7. The number of carbonyl (C=O) groups is 2. The molecule has 2 heterocycles. The number of pyridine rings is 1. The first kappa shape index (κ1) is 40.7. The van der Waals surface area contributed by atoms with Gasteiger partial charge in [-0.3, -0.25) is 14.6 Å². The van der Waals surface area contributed by atoms with E-state index in [-0.39, 0.29) is 48.0 Å². The summed E-state index contributed by atoms with van der Waals surface area (Å²) >= 11 is 0. The van der Waals surface area contributed by atoms with Gasteiger partial charge in [0.25, 0.3) is 21.5 Å². The summed E-state index contributed by atoms with van der Waals surface area (Å²) in [5.41, 5.74) is 11.7. The van der Waals surface area contributed by atoms with Crippen molar-refractivity contribution < 1.29 is 27.9 Å². The second-order valence-corrected chi connectivity index (χ2v) is 16.7. The number of guanidine groups is 1. The quantitative estimate of drug-likeness (QED) is 0.0729. The maximum atomic E-state index is 13.5. The van der Waals surface area contributed by atoms with Crippen molar-refractivity contribution in [2.45, 2.75) is 103 Å². The van der Waals surface area contributed by atoms with E-state index in [1.807, 2.05) is 45.0 Å². The Bertz CT molecular complexity index is 2290. The monoisotopic (exact) mass is 769 g/mol. The van der Waals surface area contributed by atoms with Gasteiger partial charge in [-0.1, -0.05) is 62.4 Å². The van der Waals surface area contributed by atoms with Crippen LogP contribution in [0.4, 0.5) is 0 Å². The van der Waals surface area contributed by atoms with E-state index in [1.54, 1.807) is 26.1 Å². The summed E-state index contributed by atoms with van der Waals surface area (Å²) in [5.74, 6) is -1.34. The Morgan fingerprint density at radius 2 is 1.69 bits per heavy atom. The molecule has 12 nitrogen and oxygen atoms in total. The van der Waals surface area contributed by atoms with Crippen molar-refractivity contribution in [1.29, 1.82) is 0 Å². The van der Waals surface area contributed by atoms with E-state index >= 15 is 0 Å². The SMILES string of the molecule is Cc1c(C)c(S(=O)(=O)NC(N)=NCCC[C@H](NC(=O)c2cccn(Cc3ccccc3-c3ccc(C(C)C)cc3)c2=O)C(=O)O)c(C)c2c1OC(C)(C)CC2. The van der Waals surface area contributed by atoms with E-state index in [1.165, 1.54) is 16.2 Å². The maximum Gasteiger partial charge on any atom is 0.326 e. The number of benzene rings is 3. The molecule has 0 bridgehead atoms. The zero-order valence-corrected chi connectivity index (χ0v) is 33.3. The van der Waals surface area contributed by atoms with Gasteiger partial charge in [0.1, 0.15) is 23.0 Å². The molecule has 0 spiro atoms. The van der Waals surface area contributed by atoms with Gasteiger partial charge in [0.15, 0.2) is 0 Å². The second-order valence-electron chi connectivity index (χ2n) is 15.0. The third-order valence-corrected chi connectivity index (χ3v) is 11.8. The third kappa shape index (κ3) is 9.27. The molecular formula is C42H51N5O7S. The van der Waals surface area contributed by atoms with Crippen molar-refractivity contribution >= 4 is 27.9 Å². The summed E-state index contributed by atoms with van der Waals surface area (Å²) in [6, 6.07) is 17.6. The zero-order valence-electron chi connectivity index (χ0n) is 32.5. The lowest BCUT2D eigenvalue weighted by molar-refractivity contribution is -0.139. The van der Waals surface area contributed by atoms with Crippen molar-refractivity contribution in [3.05, 3.63) is 116 Å². The molecule has 3 aromatic carbocycles. The van der Waals surface area contributed by atoms with E-state index in [2.05, 4.69) is 53.1 Å². The number of amides is 1. The van der Waals surface area contributed by atoms with Crippen LogP contribution in [-0.2, 0) is 27.8 Å². The first-order valence-electron chi connectivity index (χ1n) is 18.5. The minimum atomic E-state index is -4.11. The molecule has 292 valence electrons. The summed E-state index contributed by atoms with van der Waals surface area (Å²) in [7, 11) is -4.11. The number of ether oxygens (including phenoxy) is 1. The Kier molecular flexibility index (Phi) is 12.2. The molecule has 1 aromatic heterocycles. The molecule has 0 radical (unpaired) electrons. The number of rotatable bonds is 13. The highest BCUT2D eigenvalue weighted by molar-refractivity contribution is 7.90. The van der Waals surface area contributed by atoms with Crippen molar-refractivity contribution in [2.24, 2.45) is 10.7 Å². The van der Waals surface area contributed by atoms with Crippen molar-refractivity contribution in [2.75, 3.05) is 6.54 Å². The van der Waals surface area contributed by atoms with Gasteiger partial charge in [0.05, 0.1) is 11.4 Å². The Balaban J connectivity index is 1.22. The van der Waals surface area contributed by atoms with Gasteiger partial charge in [-0.05, 0) is 123 Å². The largest absolute Gasteiger partial charge is 0.487 e. The molecular weight excluding hydrogens is 719 g/mol. The minimum absolute atomic E-state index is 0.0180. The van der Waals surface area contributed by atoms with Gasteiger partial charge in [-0.25, -0.2) is 17.9 Å². The lowest BCUT2D eigenvalue weighted by Crippen LogP contribution is -2.43. The molecule has 0 saturated carbocycles. The van der Waals surface area contributed by atoms with Crippen LogP contribution < -0.4 is 26.1 Å². The normalized spacial score (nSPS) is 14.5. The average molecular weight is 770 g/mol. The van der Waals surface area contributed by atoms with Gasteiger partial charge in [0, 0.05) is 12.7 Å². The van der Waals surface area contributed by atoms with Gasteiger partial charge < -0.3 is 25.5 Å². The molecule has 0 saturated heterocycles. The summed E-state index contributed by atoms with van der Waals surface area (Å²) < 4.78 is 37.1. The first-order valence-corrected chi connectivity index (χ1v) is 19.9. The highest BCUT2D eigenvalue weighted by atomic mass is 32.2. The first-order chi connectivity index (χ1) is 25.9. The molecule has 5 N–H and O–H groups in total. The van der Waals surface area contributed by atoms with Crippen LogP contribution in [0.1, 0.15) is 96.6 Å². The molecule has 1 aliphatic rings. The molecule has 0 aliphatic carbocycles. The predicted octanol–water partition coefficient (Wildman–Crippen LogP) is 5.97. The lowest BCUT2D eigenvalue weighted by atomic mass is 9.88. The average Bonchev–Trinajstić information content (AvgIpc) is 3.12. The number of hydrogen-bond donors (Lipinski definition) is 4. The topological polar surface area (TPSA) is 182 Å². The van der Waals surface area contributed by atoms with E-state index in [9.17, 15) is 27.9 Å².